The molecule has 0 aromatic heterocycles. The van der Waals surface area contributed by atoms with E-state index in [4.69, 9.17) is 0 Å². The number of nitrogens with one attached hydrogen (secondary N) is 1. The maximum atomic E-state index is 13.6. The van der Waals surface area contributed by atoms with Gasteiger partial charge in [0.15, 0.2) is 0 Å². The Hall–Kier alpha value is -2.99. The number of non-ortho nitro benzene ring substituents is 1. The standard InChI is InChI=1S/C24H31BrN4O6S/c1-16-7-12-20(29(32)33)13-21(16)28(36(6,34)35)15-22(30)27(14-18-8-10-19(25)11-9-18)17(2)23(31)26-24(3,4)5/h7-13,17H,14-15H2,1-6H3,(H,26,31). The molecular weight excluding hydrogens is 552 g/mol. The Morgan fingerprint density at radius 3 is 2.22 bits per heavy atom. The van der Waals surface area contributed by atoms with Gasteiger partial charge >= 0.3 is 0 Å². The average molecular weight is 584 g/mol. The molecule has 0 radical (unpaired) electrons. The second-order valence-electron chi connectivity index (χ2n) is 9.56. The first-order valence-corrected chi connectivity index (χ1v) is 13.7. The van der Waals surface area contributed by atoms with Crippen molar-refractivity contribution in [3.8, 4) is 0 Å². The van der Waals surface area contributed by atoms with Gasteiger partial charge in [0.05, 0.1) is 16.9 Å². The minimum Gasteiger partial charge on any atom is -0.350 e. The van der Waals surface area contributed by atoms with Crippen molar-refractivity contribution in [3.05, 3.63) is 68.2 Å². The monoisotopic (exact) mass is 582 g/mol. The molecule has 2 aromatic carbocycles. The van der Waals surface area contributed by atoms with E-state index in [1.54, 1.807) is 38.1 Å². The summed E-state index contributed by atoms with van der Waals surface area (Å²) in [6.07, 6.45) is 0.924. The van der Waals surface area contributed by atoms with E-state index in [1.165, 1.54) is 17.0 Å². The molecule has 1 atom stereocenters. The number of carbonyl (C=O) groups is 2. The summed E-state index contributed by atoms with van der Waals surface area (Å²) < 4.78 is 27.1. The first kappa shape index (κ1) is 29.2. The second-order valence-corrected chi connectivity index (χ2v) is 12.4. The van der Waals surface area contributed by atoms with Gasteiger partial charge in [-0.3, -0.25) is 24.0 Å². The van der Waals surface area contributed by atoms with Gasteiger partial charge in [0.1, 0.15) is 12.6 Å². The van der Waals surface area contributed by atoms with Gasteiger partial charge in [-0.15, -0.1) is 0 Å². The second kappa shape index (κ2) is 11.4. The van der Waals surface area contributed by atoms with Gasteiger partial charge in [-0.25, -0.2) is 8.42 Å². The molecule has 2 amide bonds. The summed E-state index contributed by atoms with van der Waals surface area (Å²) in [6.45, 7) is 8.03. The molecule has 0 fully saturated rings. The van der Waals surface area contributed by atoms with E-state index >= 15 is 0 Å². The molecule has 10 nitrogen and oxygen atoms in total. The van der Waals surface area contributed by atoms with Gasteiger partial charge in [-0.1, -0.05) is 34.1 Å². The normalized spacial score (nSPS) is 12.5. The quantitative estimate of drug-likeness (QED) is 0.354. The molecule has 0 aliphatic heterocycles. The van der Waals surface area contributed by atoms with Crippen LogP contribution >= 0.6 is 15.9 Å². The van der Waals surface area contributed by atoms with E-state index in [2.05, 4.69) is 21.2 Å². The van der Waals surface area contributed by atoms with Crippen molar-refractivity contribution >= 4 is 49.1 Å². The zero-order valence-corrected chi connectivity index (χ0v) is 23.5. The molecule has 0 saturated carbocycles. The van der Waals surface area contributed by atoms with Crippen molar-refractivity contribution in [2.45, 2.75) is 52.7 Å². The van der Waals surface area contributed by atoms with Crippen molar-refractivity contribution in [3.63, 3.8) is 0 Å². The van der Waals surface area contributed by atoms with Crippen molar-refractivity contribution in [1.82, 2.24) is 10.2 Å². The molecule has 2 rings (SSSR count). The van der Waals surface area contributed by atoms with E-state index in [0.29, 0.717) is 5.56 Å². The molecule has 1 unspecified atom stereocenters. The summed E-state index contributed by atoms with van der Waals surface area (Å²) in [7, 11) is -4.01. The third-order valence-electron chi connectivity index (χ3n) is 5.28. The van der Waals surface area contributed by atoms with E-state index in [-0.39, 0.29) is 17.9 Å². The number of nitrogens with zero attached hydrogens (tertiary/aromatic N) is 3. The van der Waals surface area contributed by atoms with Gasteiger partial charge in [0, 0.05) is 28.7 Å². The lowest BCUT2D eigenvalue weighted by Gasteiger charge is -2.33. The Morgan fingerprint density at radius 2 is 1.72 bits per heavy atom. The molecule has 0 aliphatic carbocycles. The Balaban J connectivity index is 2.49. The SMILES string of the molecule is Cc1ccc([N+](=O)[O-])cc1N(CC(=O)N(Cc1ccc(Br)cc1)C(C)C(=O)NC(C)(C)C)S(C)(=O)=O. The number of rotatable bonds is 9. The first-order valence-electron chi connectivity index (χ1n) is 11.1. The highest BCUT2D eigenvalue weighted by atomic mass is 79.9. The highest BCUT2D eigenvalue weighted by molar-refractivity contribution is 9.10. The van der Waals surface area contributed by atoms with Crippen LogP contribution in [0.5, 0.6) is 0 Å². The zero-order chi connectivity index (χ0) is 27.4. The number of carbonyl (C=O) groups excluding carboxylic acids is 2. The lowest BCUT2D eigenvalue weighted by atomic mass is 10.1. The van der Waals surface area contributed by atoms with Gasteiger partial charge < -0.3 is 10.2 Å². The number of aryl methyl sites for hydroxylation is 1. The fourth-order valence-corrected chi connectivity index (χ4v) is 4.58. The number of anilines is 1. The van der Waals surface area contributed by atoms with Crippen LogP contribution in [0.3, 0.4) is 0 Å². The molecule has 196 valence electrons. The summed E-state index contributed by atoms with van der Waals surface area (Å²) in [5, 5.41) is 14.1. The maximum Gasteiger partial charge on any atom is 0.271 e. The maximum absolute atomic E-state index is 13.6. The average Bonchev–Trinajstić information content (AvgIpc) is 2.75. The zero-order valence-electron chi connectivity index (χ0n) is 21.1. The van der Waals surface area contributed by atoms with Crippen LogP contribution in [0.2, 0.25) is 0 Å². The topological polar surface area (TPSA) is 130 Å². The van der Waals surface area contributed by atoms with Crippen LogP contribution in [-0.4, -0.2) is 54.4 Å². The number of halogens is 1. The predicted octanol–water partition coefficient (Wildman–Crippen LogP) is 3.76. The molecule has 2 aromatic rings. The van der Waals surface area contributed by atoms with Gasteiger partial charge in [-0.05, 0) is 57.9 Å². The number of sulfonamides is 1. The summed E-state index contributed by atoms with van der Waals surface area (Å²) in [5.74, 6) is -1.03. The van der Waals surface area contributed by atoms with Gasteiger partial charge in [-0.2, -0.15) is 0 Å². The molecule has 0 aliphatic rings. The summed E-state index contributed by atoms with van der Waals surface area (Å²) in [4.78, 5) is 38.5. The smallest absolute Gasteiger partial charge is 0.271 e. The Kier molecular flexibility index (Phi) is 9.24. The molecule has 12 heteroatoms. The number of nitro groups is 1. The third-order valence-corrected chi connectivity index (χ3v) is 6.94. The largest absolute Gasteiger partial charge is 0.350 e. The predicted molar refractivity (Wildman–Crippen MR) is 142 cm³/mol. The van der Waals surface area contributed by atoms with Crippen LogP contribution in [0.15, 0.2) is 46.9 Å². The number of hydrogen-bond donors (Lipinski definition) is 1. The molecule has 0 saturated heterocycles. The minimum atomic E-state index is -4.01. The van der Waals surface area contributed by atoms with Crippen LogP contribution in [0.1, 0.15) is 38.8 Å². The summed E-state index contributed by atoms with van der Waals surface area (Å²) >= 11 is 3.36. The molecule has 0 spiro atoms. The number of amides is 2. The summed E-state index contributed by atoms with van der Waals surface area (Å²) in [6, 6.07) is 10.1. The Morgan fingerprint density at radius 1 is 1.14 bits per heavy atom. The lowest BCUT2D eigenvalue weighted by Crippen LogP contribution is -2.54. The highest BCUT2D eigenvalue weighted by Gasteiger charge is 2.32. The van der Waals surface area contributed by atoms with Crippen molar-refractivity contribution < 1.29 is 22.9 Å². The van der Waals surface area contributed by atoms with E-state index in [9.17, 15) is 28.1 Å². The van der Waals surface area contributed by atoms with Crippen molar-refractivity contribution in [2.75, 3.05) is 17.1 Å². The van der Waals surface area contributed by atoms with E-state index < -0.39 is 44.9 Å². The van der Waals surface area contributed by atoms with Gasteiger partial charge in [0.2, 0.25) is 21.8 Å². The lowest BCUT2D eigenvalue weighted by molar-refractivity contribution is -0.384. The number of nitro benzene ring substituents is 1. The Labute approximate surface area is 220 Å². The molecular formula is C24H31BrN4O6S. The summed E-state index contributed by atoms with van der Waals surface area (Å²) in [5.41, 5.74) is 0.351. The van der Waals surface area contributed by atoms with Crippen LogP contribution in [-0.2, 0) is 26.2 Å². The van der Waals surface area contributed by atoms with Crippen LogP contribution in [0.4, 0.5) is 11.4 Å². The number of benzene rings is 2. The van der Waals surface area contributed by atoms with Crippen LogP contribution < -0.4 is 9.62 Å². The molecule has 0 bridgehead atoms. The fraction of sp³-hybridized carbons (Fsp3) is 0.417. The highest BCUT2D eigenvalue weighted by Crippen LogP contribution is 2.28. The molecule has 1 N–H and O–H groups in total. The number of hydrogen-bond acceptors (Lipinski definition) is 6. The van der Waals surface area contributed by atoms with E-state index in [0.717, 1.165) is 26.7 Å². The first-order chi connectivity index (χ1) is 16.5. The van der Waals surface area contributed by atoms with Crippen molar-refractivity contribution in [2.24, 2.45) is 0 Å². The molecule has 0 heterocycles. The van der Waals surface area contributed by atoms with Crippen LogP contribution in [0, 0.1) is 17.0 Å². The van der Waals surface area contributed by atoms with Crippen molar-refractivity contribution in [1.29, 1.82) is 0 Å². The minimum absolute atomic E-state index is 0.0236. The fourth-order valence-electron chi connectivity index (χ4n) is 3.42. The Bertz CT molecular complexity index is 1240. The third kappa shape index (κ3) is 8.02. The van der Waals surface area contributed by atoms with E-state index in [1.807, 2.05) is 20.8 Å². The van der Waals surface area contributed by atoms with Crippen LogP contribution in [0.25, 0.3) is 0 Å². The van der Waals surface area contributed by atoms with Gasteiger partial charge in [0.25, 0.3) is 5.69 Å². The molecule has 36 heavy (non-hydrogen) atoms.